The van der Waals surface area contributed by atoms with Gasteiger partial charge in [0.2, 0.25) is 5.91 Å². The maximum atomic E-state index is 11.7. The lowest BCUT2D eigenvalue weighted by molar-refractivity contribution is -0.123. The van der Waals surface area contributed by atoms with Crippen molar-refractivity contribution < 1.29 is 4.79 Å². The van der Waals surface area contributed by atoms with Gasteiger partial charge in [0.05, 0.1) is 6.04 Å². The highest BCUT2D eigenvalue weighted by atomic mass is 16.2. The van der Waals surface area contributed by atoms with Gasteiger partial charge in [-0.15, -0.1) is 0 Å². The van der Waals surface area contributed by atoms with Crippen LogP contribution in [0.3, 0.4) is 0 Å². The van der Waals surface area contributed by atoms with Crippen molar-refractivity contribution in [1.29, 1.82) is 0 Å². The quantitative estimate of drug-likeness (QED) is 0.707. The third-order valence-electron chi connectivity index (χ3n) is 2.91. The van der Waals surface area contributed by atoms with Crippen LogP contribution in [0.1, 0.15) is 32.6 Å². The fourth-order valence-electron chi connectivity index (χ4n) is 2.03. The fraction of sp³-hybridized carbons (Fsp3) is 0.909. The third kappa shape index (κ3) is 4.18. The Morgan fingerprint density at radius 3 is 3.00 bits per heavy atom. The van der Waals surface area contributed by atoms with Crippen LogP contribution in [0.25, 0.3) is 0 Å². The van der Waals surface area contributed by atoms with E-state index in [1.165, 1.54) is 0 Å². The largest absolute Gasteiger partial charge is 0.351 e. The first-order chi connectivity index (χ1) is 7.13. The Balaban J connectivity index is 2.30. The summed E-state index contributed by atoms with van der Waals surface area (Å²) in [6.45, 7) is 4.12. The number of nitrogens with two attached hydrogens (primary N) is 1. The number of likely N-dealkylation sites (N-methyl/N-ethyl adjacent to an activating group) is 1. The minimum absolute atomic E-state index is 0.0113. The molecule has 1 aliphatic heterocycles. The molecule has 4 heteroatoms. The highest BCUT2D eigenvalue weighted by molar-refractivity contribution is 5.81. The molecule has 0 aromatic rings. The number of nitrogens with one attached hydrogen (secondary N) is 1. The predicted molar refractivity (Wildman–Crippen MR) is 61.5 cm³/mol. The lowest BCUT2D eigenvalue weighted by atomic mass is 10.1. The van der Waals surface area contributed by atoms with Crippen molar-refractivity contribution in [3.8, 4) is 0 Å². The molecule has 1 aliphatic rings. The summed E-state index contributed by atoms with van der Waals surface area (Å²) >= 11 is 0. The van der Waals surface area contributed by atoms with Gasteiger partial charge in [-0.3, -0.25) is 4.79 Å². The van der Waals surface area contributed by atoms with Crippen molar-refractivity contribution in [3.63, 3.8) is 0 Å². The van der Waals surface area contributed by atoms with Crippen LogP contribution in [0.4, 0.5) is 0 Å². The van der Waals surface area contributed by atoms with Gasteiger partial charge in [0.1, 0.15) is 0 Å². The lowest BCUT2D eigenvalue weighted by Crippen LogP contribution is -2.51. The smallest absolute Gasteiger partial charge is 0.237 e. The number of likely N-dealkylation sites (tertiary alicyclic amines) is 1. The summed E-state index contributed by atoms with van der Waals surface area (Å²) in [6, 6.07) is -0.0404. The Morgan fingerprint density at radius 2 is 2.40 bits per heavy atom. The normalized spacial score (nSPS) is 24.9. The van der Waals surface area contributed by atoms with Gasteiger partial charge in [-0.2, -0.15) is 0 Å². The second-order valence-electron chi connectivity index (χ2n) is 4.51. The molecule has 1 unspecified atom stereocenters. The van der Waals surface area contributed by atoms with Crippen LogP contribution < -0.4 is 11.1 Å². The van der Waals surface area contributed by atoms with Crippen LogP contribution in [0.15, 0.2) is 0 Å². The molecule has 0 aliphatic carbocycles. The van der Waals surface area contributed by atoms with Crippen LogP contribution in [0, 0.1) is 0 Å². The van der Waals surface area contributed by atoms with Crippen molar-refractivity contribution >= 4 is 5.91 Å². The zero-order valence-electron chi connectivity index (χ0n) is 9.83. The van der Waals surface area contributed by atoms with Crippen molar-refractivity contribution in [3.05, 3.63) is 0 Å². The first kappa shape index (κ1) is 12.5. The average molecular weight is 213 g/mol. The van der Waals surface area contributed by atoms with Gasteiger partial charge < -0.3 is 16.0 Å². The van der Waals surface area contributed by atoms with E-state index in [0.717, 1.165) is 38.8 Å². The molecule has 0 spiro atoms. The number of carbonyl (C=O) groups is 1. The van der Waals surface area contributed by atoms with E-state index < -0.39 is 0 Å². The average Bonchev–Trinajstić information content (AvgIpc) is 2.18. The molecule has 88 valence electrons. The maximum Gasteiger partial charge on any atom is 0.237 e. The minimum atomic E-state index is -0.331. The molecular weight excluding hydrogens is 190 g/mol. The first-order valence-electron chi connectivity index (χ1n) is 5.88. The number of piperidine rings is 1. The molecule has 1 amide bonds. The minimum Gasteiger partial charge on any atom is -0.351 e. The summed E-state index contributed by atoms with van der Waals surface area (Å²) in [6.07, 6.45) is 3.97. The Hall–Kier alpha value is -0.610. The number of hydrogen-bond acceptors (Lipinski definition) is 3. The standard InChI is InChI=1S/C11H23N3O/c1-3-5-10(12)11(15)13-9-6-4-7-14(2)8-9/h9-10H,3-8,12H2,1-2H3,(H,13,15)/t9?,10-/m1/s1. The molecule has 1 heterocycles. The van der Waals surface area contributed by atoms with E-state index in [1.54, 1.807) is 0 Å². The van der Waals surface area contributed by atoms with Gasteiger partial charge in [-0.1, -0.05) is 13.3 Å². The van der Waals surface area contributed by atoms with Crippen LogP contribution in [0.2, 0.25) is 0 Å². The van der Waals surface area contributed by atoms with Gasteiger partial charge in [0, 0.05) is 12.6 Å². The third-order valence-corrected chi connectivity index (χ3v) is 2.91. The molecule has 2 atom stereocenters. The molecule has 1 fully saturated rings. The first-order valence-corrected chi connectivity index (χ1v) is 5.88. The van der Waals surface area contributed by atoms with Crippen molar-refractivity contribution in [2.45, 2.75) is 44.7 Å². The highest BCUT2D eigenvalue weighted by Crippen LogP contribution is 2.08. The lowest BCUT2D eigenvalue weighted by Gasteiger charge is -2.30. The summed E-state index contributed by atoms with van der Waals surface area (Å²) in [5.41, 5.74) is 5.75. The van der Waals surface area contributed by atoms with E-state index in [1.807, 2.05) is 6.92 Å². The molecule has 3 N–H and O–H groups in total. The molecule has 0 bridgehead atoms. The summed E-state index contributed by atoms with van der Waals surface area (Å²) in [5.74, 6) is 0.0113. The zero-order chi connectivity index (χ0) is 11.3. The zero-order valence-corrected chi connectivity index (χ0v) is 9.83. The van der Waals surface area contributed by atoms with Gasteiger partial charge in [0.15, 0.2) is 0 Å². The van der Waals surface area contributed by atoms with Gasteiger partial charge in [-0.05, 0) is 32.9 Å². The van der Waals surface area contributed by atoms with Gasteiger partial charge in [-0.25, -0.2) is 0 Å². The molecule has 4 nitrogen and oxygen atoms in total. The number of rotatable bonds is 4. The second kappa shape index (κ2) is 6.08. The van der Waals surface area contributed by atoms with E-state index in [2.05, 4.69) is 17.3 Å². The van der Waals surface area contributed by atoms with Crippen molar-refractivity contribution in [2.75, 3.05) is 20.1 Å². The molecule has 1 rings (SSSR count). The van der Waals surface area contributed by atoms with Crippen molar-refractivity contribution in [2.24, 2.45) is 5.73 Å². The summed E-state index contributed by atoms with van der Waals surface area (Å²) in [4.78, 5) is 13.9. The van der Waals surface area contributed by atoms with Crippen LogP contribution in [0.5, 0.6) is 0 Å². The topological polar surface area (TPSA) is 58.4 Å². The van der Waals surface area contributed by atoms with Crippen LogP contribution in [-0.4, -0.2) is 43.0 Å². The van der Waals surface area contributed by atoms with E-state index in [0.29, 0.717) is 6.04 Å². The number of nitrogens with zero attached hydrogens (tertiary/aromatic N) is 1. The highest BCUT2D eigenvalue weighted by Gasteiger charge is 2.21. The molecule has 15 heavy (non-hydrogen) atoms. The summed E-state index contributed by atoms with van der Waals surface area (Å²) < 4.78 is 0. The Bertz CT molecular complexity index is 208. The van der Waals surface area contributed by atoms with Gasteiger partial charge in [0.25, 0.3) is 0 Å². The predicted octanol–water partition coefficient (Wildman–Crippen LogP) is 0.324. The number of amides is 1. The molecular formula is C11H23N3O. The summed E-state index contributed by atoms with van der Waals surface area (Å²) in [7, 11) is 2.09. The van der Waals surface area contributed by atoms with E-state index in [9.17, 15) is 4.79 Å². The number of carbonyl (C=O) groups excluding carboxylic acids is 1. The fourth-order valence-corrected chi connectivity index (χ4v) is 2.03. The van der Waals surface area contributed by atoms with Gasteiger partial charge >= 0.3 is 0 Å². The molecule has 0 aromatic heterocycles. The molecule has 1 saturated heterocycles. The van der Waals surface area contributed by atoms with Crippen LogP contribution >= 0.6 is 0 Å². The molecule has 0 radical (unpaired) electrons. The number of hydrogen-bond donors (Lipinski definition) is 2. The second-order valence-corrected chi connectivity index (χ2v) is 4.51. The Labute approximate surface area is 92.2 Å². The van der Waals surface area contributed by atoms with E-state index in [-0.39, 0.29) is 11.9 Å². The maximum absolute atomic E-state index is 11.7. The van der Waals surface area contributed by atoms with E-state index >= 15 is 0 Å². The Morgan fingerprint density at radius 1 is 1.67 bits per heavy atom. The molecule has 0 aromatic carbocycles. The SMILES string of the molecule is CCC[C@@H](N)C(=O)NC1CCCN(C)C1. The monoisotopic (exact) mass is 213 g/mol. The molecule has 0 saturated carbocycles. The van der Waals surface area contributed by atoms with Crippen LogP contribution in [-0.2, 0) is 4.79 Å². The summed E-state index contributed by atoms with van der Waals surface area (Å²) in [5, 5.41) is 3.03. The van der Waals surface area contributed by atoms with Crippen molar-refractivity contribution in [1.82, 2.24) is 10.2 Å². The van der Waals surface area contributed by atoms with E-state index in [4.69, 9.17) is 5.73 Å². The Kier molecular flexibility index (Phi) is 5.05.